The Balaban J connectivity index is 2.14. The third-order valence-electron chi connectivity index (χ3n) is 2.29. The number of esters is 1. The van der Waals surface area contributed by atoms with E-state index in [1.54, 1.807) is 0 Å². The fourth-order valence-electron chi connectivity index (χ4n) is 1.47. The highest BCUT2D eigenvalue weighted by molar-refractivity contribution is 5.66. The Morgan fingerprint density at radius 3 is 2.75 bits per heavy atom. The lowest BCUT2D eigenvalue weighted by atomic mass is 10.3. The highest BCUT2D eigenvalue weighted by Gasteiger charge is 2.07. The van der Waals surface area contributed by atoms with Crippen molar-refractivity contribution in [2.24, 2.45) is 0 Å². The van der Waals surface area contributed by atoms with Crippen molar-refractivity contribution in [2.75, 3.05) is 32.8 Å². The molecule has 0 amide bonds. The first kappa shape index (κ1) is 13.0. The monoisotopic (exact) mass is 225 g/mol. The SMILES string of the molecule is CC(=O)O[C@H](C)CC#CCN1CCOCC1. The Kier molecular flexibility index (Phi) is 5.91. The van der Waals surface area contributed by atoms with Gasteiger partial charge in [0, 0.05) is 26.4 Å². The van der Waals surface area contributed by atoms with Crippen LogP contribution in [0.1, 0.15) is 20.3 Å². The van der Waals surface area contributed by atoms with E-state index in [1.165, 1.54) is 6.92 Å². The van der Waals surface area contributed by atoms with Crippen LogP contribution in [0.2, 0.25) is 0 Å². The van der Waals surface area contributed by atoms with Crippen LogP contribution in [0, 0.1) is 11.8 Å². The largest absolute Gasteiger partial charge is 0.462 e. The summed E-state index contributed by atoms with van der Waals surface area (Å²) in [7, 11) is 0. The predicted octanol–water partition coefficient (Wildman–Crippen LogP) is 0.664. The molecule has 1 fully saturated rings. The van der Waals surface area contributed by atoms with Crippen molar-refractivity contribution in [1.29, 1.82) is 0 Å². The summed E-state index contributed by atoms with van der Waals surface area (Å²) in [5.41, 5.74) is 0. The first-order valence-corrected chi connectivity index (χ1v) is 5.61. The van der Waals surface area contributed by atoms with Gasteiger partial charge in [0.05, 0.1) is 19.8 Å². The van der Waals surface area contributed by atoms with Crippen molar-refractivity contribution in [2.45, 2.75) is 26.4 Å². The van der Waals surface area contributed by atoms with Gasteiger partial charge >= 0.3 is 5.97 Å². The first-order chi connectivity index (χ1) is 7.68. The highest BCUT2D eigenvalue weighted by Crippen LogP contribution is 1.97. The Morgan fingerprint density at radius 2 is 2.12 bits per heavy atom. The normalized spacial score (nSPS) is 18.4. The molecule has 0 radical (unpaired) electrons. The molecule has 4 heteroatoms. The van der Waals surface area contributed by atoms with Crippen molar-refractivity contribution < 1.29 is 14.3 Å². The van der Waals surface area contributed by atoms with Crippen LogP contribution in [-0.4, -0.2) is 49.8 Å². The van der Waals surface area contributed by atoms with Gasteiger partial charge in [-0.1, -0.05) is 11.8 Å². The van der Waals surface area contributed by atoms with Crippen LogP contribution in [0.25, 0.3) is 0 Å². The fraction of sp³-hybridized carbons (Fsp3) is 0.750. The van der Waals surface area contributed by atoms with Gasteiger partial charge in [0.1, 0.15) is 6.10 Å². The summed E-state index contributed by atoms with van der Waals surface area (Å²) in [6, 6.07) is 0. The Morgan fingerprint density at radius 1 is 1.44 bits per heavy atom. The predicted molar refractivity (Wildman–Crippen MR) is 60.9 cm³/mol. The number of carbonyl (C=O) groups excluding carboxylic acids is 1. The van der Waals surface area contributed by atoms with Gasteiger partial charge in [0.15, 0.2) is 0 Å². The van der Waals surface area contributed by atoms with Crippen molar-refractivity contribution >= 4 is 5.97 Å². The lowest BCUT2D eigenvalue weighted by Crippen LogP contribution is -2.36. The molecule has 1 atom stereocenters. The molecule has 0 saturated carbocycles. The molecule has 1 aliphatic heterocycles. The van der Waals surface area contributed by atoms with E-state index in [4.69, 9.17) is 9.47 Å². The zero-order chi connectivity index (χ0) is 11.8. The Hall–Kier alpha value is -1.05. The second-order valence-corrected chi connectivity index (χ2v) is 3.87. The number of hydrogen-bond donors (Lipinski definition) is 0. The Labute approximate surface area is 96.9 Å². The van der Waals surface area contributed by atoms with Gasteiger partial charge in [-0.05, 0) is 6.92 Å². The smallest absolute Gasteiger partial charge is 0.302 e. The molecule has 0 unspecified atom stereocenters. The van der Waals surface area contributed by atoms with E-state index in [-0.39, 0.29) is 12.1 Å². The van der Waals surface area contributed by atoms with E-state index >= 15 is 0 Å². The number of rotatable bonds is 3. The molecule has 1 aliphatic rings. The van der Waals surface area contributed by atoms with Crippen molar-refractivity contribution in [3.63, 3.8) is 0 Å². The van der Waals surface area contributed by atoms with Gasteiger partial charge in [0.2, 0.25) is 0 Å². The molecule has 0 N–H and O–H groups in total. The molecule has 90 valence electrons. The second-order valence-electron chi connectivity index (χ2n) is 3.87. The standard InChI is InChI=1S/C12H19NO3/c1-11(16-12(2)14)5-3-4-6-13-7-9-15-10-8-13/h11H,5-10H2,1-2H3/t11-/m1/s1. The molecule has 0 aromatic carbocycles. The number of ether oxygens (including phenoxy) is 2. The molecular formula is C12H19NO3. The molecule has 1 saturated heterocycles. The molecule has 4 nitrogen and oxygen atoms in total. The van der Waals surface area contributed by atoms with Gasteiger partial charge in [-0.2, -0.15) is 0 Å². The summed E-state index contributed by atoms with van der Waals surface area (Å²) in [6.07, 6.45) is 0.485. The minimum Gasteiger partial charge on any atom is -0.462 e. The molecule has 1 heterocycles. The molecular weight excluding hydrogens is 206 g/mol. The summed E-state index contributed by atoms with van der Waals surface area (Å²) in [5, 5.41) is 0. The topological polar surface area (TPSA) is 38.8 Å². The number of hydrogen-bond acceptors (Lipinski definition) is 4. The van der Waals surface area contributed by atoms with Crippen LogP contribution in [-0.2, 0) is 14.3 Å². The molecule has 0 bridgehead atoms. The summed E-state index contributed by atoms with van der Waals surface area (Å²) in [6.45, 7) is 7.54. The Bertz CT molecular complexity index is 274. The van der Waals surface area contributed by atoms with Crippen molar-refractivity contribution in [3.8, 4) is 11.8 Å². The molecule has 0 aromatic heterocycles. The van der Waals surface area contributed by atoms with Gasteiger partial charge in [-0.3, -0.25) is 9.69 Å². The van der Waals surface area contributed by atoms with E-state index in [2.05, 4.69) is 16.7 Å². The summed E-state index contributed by atoms with van der Waals surface area (Å²) in [4.78, 5) is 12.9. The first-order valence-electron chi connectivity index (χ1n) is 5.61. The summed E-state index contributed by atoms with van der Waals surface area (Å²) in [5.74, 6) is 5.87. The third kappa shape index (κ3) is 5.74. The van der Waals surface area contributed by atoms with Crippen LogP contribution in [0.4, 0.5) is 0 Å². The van der Waals surface area contributed by atoms with Crippen molar-refractivity contribution in [3.05, 3.63) is 0 Å². The lowest BCUT2D eigenvalue weighted by molar-refractivity contribution is -0.145. The minimum absolute atomic E-state index is 0.116. The number of carbonyl (C=O) groups is 1. The molecule has 1 rings (SSSR count). The summed E-state index contributed by atoms with van der Waals surface area (Å²) >= 11 is 0. The van der Waals surface area contributed by atoms with E-state index in [0.717, 1.165) is 32.8 Å². The highest BCUT2D eigenvalue weighted by atomic mass is 16.5. The van der Waals surface area contributed by atoms with E-state index in [0.29, 0.717) is 6.42 Å². The molecule has 0 aliphatic carbocycles. The third-order valence-corrected chi connectivity index (χ3v) is 2.29. The van der Waals surface area contributed by atoms with Gasteiger partial charge < -0.3 is 9.47 Å². The van der Waals surface area contributed by atoms with Crippen LogP contribution < -0.4 is 0 Å². The average molecular weight is 225 g/mol. The fourth-order valence-corrected chi connectivity index (χ4v) is 1.47. The average Bonchev–Trinajstić information content (AvgIpc) is 2.25. The van der Waals surface area contributed by atoms with E-state index in [1.807, 2.05) is 6.92 Å². The van der Waals surface area contributed by atoms with Crippen LogP contribution in [0.5, 0.6) is 0 Å². The van der Waals surface area contributed by atoms with Gasteiger partial charge in [-0.25, -0.2) is 0 Å². The molecule has 0 aromatic rings. The second kappa shape index (κ2) is 7.26. The number of nitrogens with zero attached hydrogens (tertiary/aromatic N) is 1. The van der Waals surface area contributed by atoms with Crippen LogP contribution in [0.15, 0.2) is 0 Å². The number of morpholine rings is 1. The summed E-state index contributed by atoms with van der Waals surface area (Å²) < 4.78 is 10.2. The van der Waals surface area contributed by atoms with Crippen molar-refractivity contribution in [1.82, 2.24) is 4.90 Å². The van der Waals surface area contributed by atoms with Gasteiger partial charge in [-0.15, -0.1) is 0 Å². The molecule has 0 spiro atoms. The quantitative estimate of drug-likeness (QED) is 0.522. The van der Waals surface area contributed by atoms with E-state index in [9.17, 15) is 4.79 Å². The maximum atomic E-state index is 10.6. The zero-order valence-corrected chi connectivity index (χ0v) is 9.99. The zero-order valence-electron chi connectivity index (χ0n) is 9.99. The molecule has 16 heavy (non-hydrogen) atoms. The minimum atomic E-state index is -0.248. The maximum Gasteiger partial charge on any atom is 0.302 e. The van der Waals surface area contributed by atoms with Gasteiger partial charge in [0.25, 0.3) is 0 Å². The van der Waals surface area contributed by atoms with E-state index < -0.39 is 0 Å². The lowest BCUT2D eigenvalue weighted by Gasteiger charge is -2.24. The maximum absolute atomic E-state index is 10.6. The van der Waals surface area contributed by atoms with Crippen LogP contribution in [0.3, 0.4) is 0 Å². The van der Waals surface area contributed by atoms with Crippen LogP contribution >= 0.6 is 0 Å².